The van der Waals surface area contributed by atoms with Gasteiger partial charge in [0, 0.05) is 6.04 Å². The second-order valence-corrected chi connectivity index (χ2v) is 5.36. The van der Waals surface area contributed by atoms with Gasteiger partial charge in [0.1, 0.15) is 6.33 Å². The first-order valence-electron chi connectivity index (χ1n) is 6.84. The molecule has 110 valence electrons. The van der Waals surface area contributed by atoms with Crippen molar-refractivity contribution in [3.05, 3.63) is 16.4 Å². The number of rotatable bonds is 4. The van der Waals surface area contributed by atoms with Crippen molar-refractivity contribution in [2.24, 2.45) is 11.8 Å². The zero-order valence-corrected chi connectivity index (χ0v) is 12.0. The van der Waals surface area contributed by atoms with Crippen molar-refractivity contribution in [1.29, 1.82) is 0 Å². The molecule has 0 saturated heterocycles. The summed E-state index contributed by atoms with van der Waals surface area (Å²) in [4.78, 5) is 18.5. The highest BCUT2D eigenvalue weighted by Crippen LogP contribution is 2.35. The van der Waals surface area contributed by atoms with Crippen LogP contribution in [0.2, 0.25) is 0 Å². The number of nitrogens with zero attached hydrogens (tertiary/aromatic N) is 3. The fraction of sp³-hybridized carbons (Fsp3) is 0.692. The molecule has 0 bridgehead atoms. The Hall–Kier alpha value is -1.92. The Balaban J connectivity index is 2.27. The summed E-state index contributed by atoms with van der Waals surface area (Å²) >= 11 is 0. The minimum absolute atomic E-state index is 0.0102. The highest BCUT2D eigenvalue weighted by molar-refractivity contribution is 5.61. The molecule has 0 spiro atoms. The normalized spacial score (nSPS) is 26.1. The number of anilines is 1. The van der Waals surface area contributed by atoms with Gasteiger partial charge in [0.25, 0.3) is 5.88 Å². The third kappa shape index (κ3) is 2.81. The van der Waals surface area contributed by atoms with Gasteiger partial charge >= 0.3 is 5.69 Å². The van der Waals surface area contributed by atoms with Crippen LogP contribution in [-0.4, -0.2) is 28.0 Å². The summed E-state index contributed by atoms with van der Waals surface area (Å²) in [6.45, 7) is 4.39. The second kappa shape index (κ2) is 6.02. The smallest absolute Gasteiger partial charge is 0.372 e. The minimum atomic E-state index is -0.502. The second-order valence-electron chi connectivity index (χ2n) is 5.36. The van der Waals surface area contributed by atoms with Crippen molar-refractivity contribution in [1.82, 2.24) is 9.97 Å². The first kappa shape index (κ1) is 14.5. The van der Waals surface area contributed by atoms with Gasteiger partial charge in [0.15, 0.2) is 0 Å². The van der Waals surface area contributed by atoms with Gasteiger partial charge in [-0.2, -0.15) is 4.98 Å². The quantitative estimate of drug-likeness (QED) is 0.673. The van der Waals surface area contributed by atoms with E-state index in [0.29, 0.717) is 11.8 Å². The monoisotopic (exact) mass is 280 g/mol. The first-order valence-corrected chi connectivity index (χ1v) is 6.84. The number of aromatic nitrogens is 2. The highest BCUT2D eigenvalue weighted by atomic mass is 16.6. The van der Waals surface area contributed by atoms with Gasteiger partial charge in [-0.3, -0.25) is 10.1 Å². The molecule has 1 fully saturated rings. The van der Waals surface area contributed by atoms with E-state index < -0.39 is 4.92 Å². The van der Waals surface area contributed by atoms with Crippen molar-refractivity contribution in [2.45, 2.75) is 39.2 Å². The van der Waals surface area contributed by atoms with Crippen LogP contribution >= 0.6 is 0 Å². The number of hydrogen-bond acceptors (Lipinski definition) is 6. The maximum absolute atomic E-state index is 11.2. The maximum Gasteiger partial charge on any atom is 0.372 e. The molecule has 1 N–H and O–H groups in total. The predicted molar refractivity (Wildman–Crippen MR) is 74.8 cm³/mol. The van der Waals surface area contributed by atoms with Gasteiger partial charge in [-0.15, -0.1) is 0 Å². The molecule has 1 saturated carbocycles. The van der Waals surface area contributed by atoms with E-state index in [9.17, 15) is 10.1 Å². The zero-order valence-electron chi connectivity index (χ0n) is 12.0. The van der Waals surface area contributed by atoms with Crippen LogP contribution in [0.5, 0.6) is 5.88 Å². The Bertz CT molecular complexity index is 495. The van der Waals surface area contributed by atoms with E-state index in [2.05, 4.69) is 29.1 Å². The first-order chi connectivity index (χ1) is 9.54. The Kier molecular flexibility index (Phi) is 4.36. The van der Waals surface area contributed by atoms with Gasteiger partial charge < -0.3 is 10.1 Å². The summed E-state index contributed by atoms with van der Waals surface area (Å²) < 4.78 is 4.95. The van der Waals surface area contributed by atoms with Gasteiger partial charge in [0.2, 0.25) is 5.82 Å². The summed E-state index contributed by atoms with van der Waals surface area (Å²) in [5, 5.41) is 14.4. The molecule has 1 aliphatic rings. The standard InChI is InChI=1S/C13H20N4O3/c1-8-5-4-6-10(9(8)2)16-12-11(17(18)19)13(20-3)15-7-14-12/h7-10H,4-6H2,1-3H3,(H,14,15,16). The zero-order chi connectivity index (χ0) is 14.7. The molecule has 0 radical (unpaired) electrons. The SMILES string of the molecule is COc1ncnc(NC2CCCC(C)C2C)c1[N+](=O)[O-]. The number of nitro groups is 1. The molecule has 7 heteroatoms. The van der Waals surface area contributed by atoms with Crippen molar-refractivity contribution in [3.8, 4) is 5.88 Å². The number of hydrogen-bond donors (Lipinski definition) is 1. The van der Waals surface area contributed by atoms with Crippen LogP contribution in [0, 0.1) is 22.0 Å². The van der Waals surface area contributed by atoms with E-state index >= 15 is 0 Å². The fourth-order valence-corrected chi connectivity index (χ4v) is 2.74. The summed E-state index contributed by atoms with van der Waals surface area (Å²) in [7, 11) is 1.37. The van der Waals surface area contributed by atoms with Gasteiger partial charge in [-0.05, 0) is 18.3 Å². The molecule has 0 aliphatic heterocycles. The van der Waals surface area contributed by atoms with E-state index in [1.165, 1.54) is 19.9 Å². The van der Waals surface area contributed by atoms with E-state index in [4.69, 9.17) is 4.74 Å². The maximum atomic E-state index is 11.2. The van der Waals surface area contributed by atoms with Crippen molar-refractivity contribution < 1.29 is 9.66 Å². The van der Waals surface area contributed by atoms with E-state index in [1.807, 2.05) is 0 Å². The molecule has 3 unspecified atom stereocenters. The largest absolute Gasteiger partial charge is 0.476 e. The average Bonchev–Trinajstić information content (AvgIpc) is 2.43. The van der Waals surface area contributed by atoms with Gasteiger partial charge in [0.05, 0.1) is 12.0 Å². The molecule has 1 aliphatic carbocycles. The number of nitrogens with one attached hydrogen (secondary N) is 1. The molecule has 20 heavy (non-hydrogen) atoms. The summed E-state index contributed by atoms with van der Waals surface area (Å²) in [6, 6.07) is 0.192. The highest BCUT2D eigenvalue weighted by Gasteiger charge is 2.31. The third-order valence-corrected chi connectivity index (χ3v) is 4.19. The molecular formula is C13H20N4O3. The third-order valence-electron chi connectivity index (χ3n) is 4.19. The van der Waals surface area contributed by atoms with E-state index in [-0.39, 0.29) is 23.4 Å². The molecular weight excluding hydrogens is 260 g/mol. The van der Waals surface area contributed by atoms with Crippen LogP contribution in [0.3, 0.4) is 0 Å². The average molecular weight is 280 g/mol. The Labute approximate surface area is 117 Å². The van der Waals surface area contributed by atoms with Crippen molar-refractivity contribution in [3.63, 3.8) is 0 Å². The minimum Gasteiger partial charge on any atom is -0.476 e. The lowest BCUT2D eigenvalue weighted by Gasteiger charge is -2.34. The lowest BCUT2D eigenvalue weighted by molar-refractivity contribution is -0.385. The predicted octanol–water partition coefficient (Wildman–Crippen LogP) is 2.63. The van der Waals surface area contributed by atoms with Crippen LogP contribution in [0.1, 0.15) is 33.1 Å². The molecule has 3 atom stereocenters. The van der Waals surface area contributed by atoms with Crippen LogP contribution in [0.15, 0.2) is 6.33 Å². The van der Waals surface area contributed by atoms with Crippen LogP contribution < -0.4 is 10.1 Å². The summed E-state index contributed by atoms with van der Waals surface area (Å²) in [5.41, 5.74) is -0.194. The van der Waals surface area contributed by atoms with E-state index in [1.54, 1.807) is 0 Å². The van der Waals surface area contributed by atoms with Crippen molar-refractivity contribution in [2.75, 3.05) is 12.4 Å². The Morgan fingerprint density at radius 3 is 2.80 bits per heavy atom. The molecule has 1 aromatic heterocycles. The number of ether oxygens (including phenoxy) is 1. The van der Waals surface area contributed by atoms with Gasteiger partial charge in [-0.25, -0.2) is 4.98 Å². The van der Waals surface area contributed by atoms with Crippen molar-refractivity contribution >= 4 is 11.5 Å². The van der Waals surface area contributed by atoms with Crippen LogP contribution in [-0.2, 0) is 0 Å². The Morgan fingerprint density at radius 2 is 2.15 bits per heavy atom. The lowest BCUT2D eigenvalue weighted by Crippen LogP contribution is -2.35. The Morgan fingerprint density at radius 1 is 1.40 bits per heavy atom. The molecule has 7 nitrogen and oxygen atoms in total. The number of methoxy groups -OCH3 is 1. The fourth-order valence-electron chi connectivity index (χ4n) is 2.74. The molecule has 1 aromatic rings. The molecule has 1 heterocycles. The lowest BCUT2D eigenvalue weighted by atomic mass is 9.78. The van der Waals surface area contributed by atoms with Crippen LogP contribution in [0.25, 0.3) is 0 Å². The molecule has 2 rings (SSSR count). The summed E-state index contributed by atoms with van der Waals surface area (Å²) in [5.74, 6) is 1.28. The van der Waals surface area contributed by atoms with Gasteiger partial charge in [-0.1, -0.05) is 26.7 Å². The van der Waals surface area contributed by atoms with Crippen LogP contribution in [0.4, 0.5) is 11.5 Å². The topological polar surface area (TPSA) is 90.2 Å². The molecule has 0 aromatic carbocycles. The molecule has 0 amide bonds. The summed E-state index contributed by atoms with van der Waals surface area (Å²) in [6.07, 6.45) is 4.60. The van der Waals surface area contributed by atoms with E-state index in [0.717, 1.165) is 12.8 Å².